The molecule has 2 N–H and O–H groups in total. The molecule has 3 heteroatoms. The second-order valence-corrected chi connectivity index (χ2v) is 5.22. The van der Waals surface area contributed by atoms with Gasteiger partial charge in [-0.15, -0.1) is 0 Å². The summed E-state index contributed by atoms with van der Waals surface area (Å²) < 4.78 is 5.77. The summed E-state index contributed by atoms with van der Waals surface area (Å²) in [6, 6.07) is 16.0. The van der Waals surface area contributed by atoms with Gasteiger partial charge in [-0.25, -0.2) is 0 Å². The van der Waals surface area contributed by atoms with Gasteiger partial charge < -0.3 is 15.2 Å². The molecular weight excluding hydrogens is 250 g/mol. The number of phenolic OH excluding ortho intramolecular Hbond substituents is 1. The molecule has 2 aromatic rings. The summed E-state index contributed by atoms with van der Waals surface area (Å²) in [6.07, 6.45) is 0.916. The van der Waals surface area contributed by atoms with Gasteiger partial charge in [-0.05, 0) is 37.2 Å². The smallest absolute Gasteiger partial charge is 0.122 e. The van der Waals surface area contributed by atoms with Crippen molar-refractivity contribution in [3.05, 3.63) is 59.7 Å². The summed E-state index contributed by atoms with van der Waals surface area (Å²) in [7, 11) is 1.99. The average molecular weight is 269 g/mol. The third kappa shape index (κ3) is 2.49. The minimum atomic E-state index is 0.310. The fraction of sp³-hybridized carbons (Fsp3) is 0.294. The molecule has 3 nitrogen and oxygen atoms in total. The molecule has 0 radical (unpaired) electrons. The zero-order valence-electron chi connectivity index (χ0n) is 11.5. The highest BCUT2D eigenvalue weighted by Crippen LogP contribution is 2.36. The Kier molecular flexibility index (Phi) is 3.61. The van der Waals surface area contributed by atoms with Gasteiger partial charge in [-0.3, -0.25) is 0 Å². The van der Waals surface area contributed by atoms with Crippen LogP contribution in [0.1, 0.15) is 17.0 Å². The predicted molar refractivity (Wildman–Crippen MR) is 79.3 cm³/mol. The molecule has 2 atom stereocenters. The number of para-hydroxylation sites is 1. The summed E-state index contributed by atoms with van der Waals surface area (Å²) in [5, 5.41) is 12.8. The van der Waals surface area contributed by atoms with E-state index in [-0.39, 0.29) is 0 Å². The molecular formula is C17H19NO2. The second-order valence-electron chi connectivity index (χ2n) is 5.22. The van der Waals surface area contributed by atoms with Crippen LogP contribution in [0.2, 0.25) is 0 Å². The van der Waals surface area contributed by atoms with E-state index in [1.54, 1.807) is 12.1 Å². The Morgan fingerprint density at radius 3 is 2.70 bits per heavy atom. The molecule has 2 unspecified atom stereocenters. The van der Waals surface area contributed by atoms with E-state index in [1.165, 1.54) is 11.1 Å². The van der Waals surface area contributed by atoms with Crippen LogP contribution in [0.3, 0.4) is 0 Å². The molecule has 0 aromatic heterocycles. The van der Waals surface area contributed by atoms with Crippen LogP contribution in [-0.2, 0) is 6.42 Å². The topological polar surface area (TPSA) is 41.5 Å². The molecule has 0 saturated heterocycles. The Balaban J connectivity index is 1.79. The Morgan fingerprint density at radius 2 is 1.95 bits per heavy atom. The lowest BCUT2D eigenvalue weighted by molar-refractivity contribution is 0.302. The van der Waals surface area contributed by atoms with E-state index in [1.807, 2.05) is 31.3 Å². The van der Waals surface area contributed by atoms with Crippen LogP contribution in [0, 0.1) is 0 Å². The number of hydrogen-bond acceptors (Lipinski definition) is 3. The van der Waals surface area contributed by atoms with Crippen LogP contribution in [0.5, 0.6) is 11.5 Å². The van der Waals surface area contributed by atoms with Gasteiger partial charge in [0.05, 0.1) is 6.61 Å². The summed E-state index contributed by atoms with van der Waals surface area (Å²) in [4.78, 5) is 0. The number of nitrogens with one attached hydrogen (secondary N) is 1. The summed E-state index contributed by atoms with van der Waals surface area (Å²) >= 11 is 0. The monoisotopic (exact) mass is 269 g/mol. The third-order valence-electron chi connectivity index (χ3n) is 3.99. The lowest BCUT2D eigenvalue weighted by atomic mass is 9.89. The van der Waals surface area contributed by atoms with Gasteiger partial charge in [0.15, 0.2) is 0 Å². The molecule has 0 aliphatic carbocycles. The lowest BCUT2D eigenvalue weighted by Gasteiger charge is -2.22. The predicted octanol–water partition coefficient (Wildman–Crippen LogP) is 2.70. The van der Waals surface area contributed by atoms with Crippen LogP contribution in [0.25, 0.3) is 0 Å². The normalized spacial score (nSPS) is 18.4. The molecule has 0 amide bonds. The zero-order valence-corrected chi connectivity index (χ0v) is 11.5. The standard InChI is InChI=1S/C17H19NO2/c1-18-16(10-12-6-8-13(19)9-7-12)15-11-20-17-5-3-2-4-14(15)17/h2-9,15-16,18-19H,10-11H2,1H3. The number of hydrogen-bond donors (Lipinski definition) is 2. The lowest BCUT2D eigenvalue weighted by Crippen LogP contribution is -2.35. The Morgan fingerprint density at radius 1 is 1.20 bits per heavy atom. The van der Waals surface area contributed by atoms with Crippen molar-refractivity contribution < 1.29 is 9.84 Å². The van der Waals surface area contributed by atoms with Crippen molar-refractivity contribution in [1.82, 2.24) is 5.32 Å². The van der Waals surface area contributed by atoms with Crippen LogP contribution >= 0.6 is 0 Å². The highest BCUT2D eigenvalue weighted by Gasteiger charge is 2.30. The highest BCUT2D eigenvalue weighted by molar-refractivity contribution is 5.41. The van der Waals surface area contributed by atoms with Gasteiger partial charge in [0.25, 0.3) is 0 Å². The summed E-state index contributed by atoms with van der Waals surface area (Å²) in [5.41, 5.74) is 2.50. The minimum absolute atomic E-state index is 0.310. The molecule has 0 saturated carbocycles. The molecule has 1 aliphatic heterocycles. The molecule has 104 valence electrons. The summed E-state index contributed by atoms with van der Waals surface area (Å²) in [6.45, 7) is 0.725. The third-order valence-corrected chi connectivity index (χ3v) is 3.99. The molecule has 1 aliphatic rings. The van der Waals surface area contributed by atoms with Gasteiger partial charge in [0, 0.05) is 17.5 Å². The first-order valence-electron chi connectivity index (χ1n) is 6.95. The fourth-order valence-corrected chi connectivity index (χ4v) is 2.85. The largest absolute Gasteiger partial charge is 0.508 e. The minimum Gasteiger partial charge on any atom is -0.508 e. The maximum absolute atomic E-state index is 9.35. The van der Waals surface area contributed by atoms with Crippen molar-refractivity contribution in [3.63, 3.8) is 0 Å². The van der Waals surface area contributed by atoms with Gasteiger partial charge in [0.2, 0.25) is 0 Å². The van der Waals surface area contributed by atoms with Gasteiger partial charge in [-0.2, -0.15) is 0 Å². The van der Waals surface area contributed by atoms with Crippen LogP contribution in [-0.4, -0.2) is 24.8 Å². The van der Waals surface area contributed by atoms with E-state index in [4.69, 9.17) is 4.74 Å². The maximum Gasteiger partial charge on any atom is 0.122 e. The number of phenols is 1. The van der Waals surface area contributed by atoms with Crippen molar-refractivity contribution in [2.45, 2.75) is 18.4 Å². The number of likely N-dealkylation sites (N-methyl/N-ethyl adjacent to an activating group) is 1. The fourth-order valence-electron chi connectivity index (χ4n) is 2.85. The first-order chi connectivity index (χ1) is 9.78. The highest BCUT2D eigenvalue weighted by atomic mass is 16.5. The van der Waals surface area contributed by atoms with Crippen LogP contribution < -0.4 is 10.1 Å². The van der Waals surface area contributed by atoms with Crippen LogP contribution in [0.15, 0.2) is 48.5 Å². The van der Waals surface area contributed by atoms with E-state index >= 15 is 0 Å². The molecule has 1 heterocycles. The van der Waals surface area contributed by atoms with Gasteiger partial charge >= 0.3 is 0 Å². The molecule has 20 heavy (non-hydrogen) atoms. The van der Waals surface area contributed by atoms with Crippen molar-refractivity contribution in [2.24, 2.45) is 0 Å². The van der Waals surface area contributed by atoms with Gasteiger partial charge in [-0.1, -0.05) is 30.3 Å². The van der Waals surface area contributed by atoms with Crippen molar-refractivity contribution in [3.8, 4) is 11.5 Å². The summed E-state index contributed by atoms with van der Waals surface area (Å²) in [5.74, 6) is 1.68. The molecule has 3 rings (SSSR count). The van der Waals surface area contributed by atoms with Crippen molar-refractivity contribution in [1.29, 1.82) is 0 Å². The Labute approximate surface area is 119 Å². The van der Waals surface area contributed by atoms with E-state index in [9.17, 15) is 5.11 Å². The number of rotatable bonds is 4. The molecule has 0 bridgehead atoms. The SMILES string of the molecule is CNC(Cc1ccc(O)cc1)C1COc2ccccc21. The Hall–Kier alpha value is -2.00. The Bertz CT molecular complexity index is 580. The maximum atomic E-state index is 9.35. The first kappa shape index (κ1) is 13.0. The van der Waals surface area contributed by atoms with E-state index in [0.29, 0.717) is 17.7 Å². The van der Waals surface area contributed by atoms with Gasteiger partial charge in [0.1, 0.15) is 11.5 Å². The van der Waals surface area contributed by atoms with Crippen molar-refractivity contribution >= 4 is 0 Å². The first-order valence-corrected chi connectivity index (χ1v) is 6.95. The number of aromatic hydroxyl groups is 1. The second kappa shape index (κ2) is 5.55. The van der Waals surface area contributed by atoms with E-state index in [2.05, 4.69) is 17.4 Å². The van der Waals surface area contributed by atoms with Crippen LogP contribution in [0.4, 0.5) is 0 Å². The molecule has 0 fully saturated rings. The average Bonchev–Trinajstić information content (AvgIpc) is 2.91. The molecule has 2 aromatic carbocycles. The zero-order chi connectivity index (χ0) is 13.9. The van der Waals surface area contributed by atoms with E-state index in [0.717, 1.165) is 18.8 Å². The van der Waals surface area contributed by atoms with Crippen molar-refractivity contribution in [2.75, 3.05) is 13.7 Å². The quantitative estimate of drug-likeness (QED) is 0.896. The molecule has 0 spiro atoms. The number of fused-ring (bicyclic) bond motifs is 1. The number of ether oxygens (including phenoxy) is 1. The van der Waals surface area contributed by atoms with E-state index < -0.39 is 0 Å². The number of benzene rings is 2.